The summed E-state index contributed by atoms with van der Waals surface area (Å²) >= 11 is 0. The third-order valence-electron chi connectivity index (χ3n) is 2.38. The minimum atomic E-state index is -0.297. The Labute approximate surface area is 82.5 Å². The molecule has 2 atom stereocenters. The average molecular weight is 197 g/mol. The molecule has 14 heavy (non-hydrogen) atoms. The van der Waals surface area contributed by atoms with Crippen LogP contribution >= 0.6 is 0 Å². The monoisotopic (exact) mass is 197 g/mol. The Morgan fingerprint density at radius 1 is 1.57 bits per heavy atom. The summed E-state index contributed by atoms with van der Waals surface area (Å²) in [4.78, 5) is 4.27. The number of hydrogen-bond acceptors (Lipinski definition) is 5. The Kier molecular flexibility index (Phi) is 2.52. The van der Waals surface area contributed by atoms with E-state index in [1.807, 2.05) is 13.8 Å². The van der Waals surface area contributed by atoms with Gasteiger partial charge in [0.2, 0.25) is 5.89 Å². The fraction of sp³-hybridized carbons (Fsp3) is 0.778. The highest BCUT2D eigenvalue weighted by Crippen LogP contribution is 2.22. The van der Waals surface area contributed by atoms with Crippen molar-refractivity contribution >= 4 is 0 Å². The first-order chi connectivity index (χ1) is 6.66. The van der Waals surface area contributed by atoms with Crippen LogP contribution in [0, 0.1) is 0 Å². The van der Waals surface area contributed by atoms with Gasteiger partial charge in [-0.05, 0) is 6.42 Å². The maximum absolute atomic E-state index is 9.32. The van der Waals surface area contributed by atoms with Gasteiger partial charge in [0.05, 0.1) is 12.1 Å². The van der Waals surface area contributed by atoms with E-state index in [0.29, 0.717) is 18.9 Å². The van der Waals surface area contributed by atoms with Gasteiger partial charge in [-0.3, -0.25) is 0 Å². The molecule has 78 valence electrons. The Morgan fingerprint density at radius 3 is 2.86 bits per heavy atom. The molecule has 0 bridgehead atoms. The van der Waals surface area contributed by atoms with Crippen LogP contribution in [-0.4, -0.2) is 27.9 Å². The Morgan fingerprint density at radius 2 is 2.36 bits per heavy atom. The van der Waals surface area contributed by atoms with Gasteiger partial charge in [0.25, 0.3) is 0 Å². The number of aromatic nitrogens is 2. The van der Waals surface area contributed by atoms with Crippen LogP contribution in [0.15, 0.2) is 4.52 Å². The normalized spacial score (nSPS) is 27.4. The maximum Gasteiger partial charge on any atom is 0.243 e. The molecule has 1 fully saturated rings. The lowest BCUT2D eigenvalue weighted by Gasteiger charge is -2.01. The fourth-order valence-corrected chi connectivity index (χ4v) is 1.53. The molecule has 5 heteroatoms. The van der Waals surface area contributed by atoms with Crippen molar-refractivity contribution in [3.63, 3.8) is 0 Å². The second-order valence-corrected chi connectivity index (χ2v) is 4.00. The molecule has 2 N–H and O–H groups in total. The van der Waals surface area contributed by atoms with Crippen molar-refractivity contribution in [2.75, 3.05) is 6.54 Å². The smallest absolute Gasteiger partial charge is 0.243 e. The topological polar surface area (TPSA) is 71.2 Å². The first-order valence-corrected chi connectivity index (χ1v) is 4.91. The fourth-order valence-electron chi connectivity index (χ4n) is 1.53. The molecular weight excluding hydrogens is 182 g/mol. The number of aliphatic hydroxyl groups is 1. The molecule has 1 aliphatic heterocycles. The van der Waals surface area contributed by atoms with Gasteiger partial charge in [0, 0.05) is 12.5 Å². The molecule has 1 aliphatic rings. The summed E-state index contributed by atoms with van der Waals surface area (Å²) in [7, 11) is 0. The van der Waals surface area contributed by atoms with Gasteiger partial charge in [-0.25, -0.2) is 0 Å². The van der Waals surface area contributed by atoms with E-state index in [4.69, 9.17) is 4.52 Å². The molecule has 1 saturated heterocycles. The van der Waals surface area contributed by atoms with Crippen molar-refractivity contribution < 1.29 is 9.63 Å². The van der Waals surface area contributed by atoms with Crippen LogP contribution in [0.25, 0.3) is 0 Å². The molecule has 1 aromatic rings. The number of β-amino-alcohol motifs (C(OH)–C–C–N with tert-alkyl or cyclic N) is 1. The van der Waals surface area contributed by atoms with Gasteiger partial charge < -0.3 is 14.9 Å². The van der Waals surface area contributed by atoms with E-state index in [9.17, 15) is 5.11 Å². The van der Waals surface area contributed by atoms with Crippen molar-refractivity contribution in [2.24, 2.45) is 0 Å². The summed E-state index contributed by atoms with van der Waals surface area (Å²) in [6.45, 7) is 4.64. The van der Waals surface area contributed by atoms with Gasteiger partial charge in [0.1, 0.15) is 0 Å². The summed E-state index contributed by atoms with van der Waals surface area (Å²) in [5, 5.41) is 16.3. The predicted molar refractivity (Wildman–Crippen MR) is 49.8 cm³/mol. The van der Waals surface area contributed by atoms with E-state index in [1.54, 1.807) is 0 Å². The van der Waals surface area contributed by atoms with Gasteiger partial charge >= 0.3 is 0 Å². The molecule has 0 aromatic carbocycles. The Hall–Kier alpha value is -0.940. The van der Waals surface area contributed by atoms with Gasteiger partial charge in [-0.15, -0.1) is 0 Å². The van der Waals surface area contributed by atoms with E-state index in [0.717, 1.165) is 5.82 Å². The van der Waals surface area contributed by atoms with E-state index < -0.39 is 0 Å². The molecule has 2 heterocycles. The van der Waals surface area contributed by atoms with Crippen molar-refractivity contribution in [3.8, 4) is 0 Å². The molecule has 0 unspecified atom stereocenters. The van der Waals surface area contributed by atoms with Crippen LogP contribution in [0.3, 0.4) is 0 Å². The summed E-state index contributed by atoms with van der Waals surface area (Å²) < 4.78 is 5.12. The lowest BCUT2D eigenvalue weighted by molar-refractivity contribution is 0.191. The lowest BCUT2D eigenvalue weighted by Crippen LogP contribution is -2.15. The quantitative estimate of drug-likeness (QED) is 0.726. The SMILES string of the molecule is CC(C)c1noc([C@@H]2C[C@H](O)CN2)n1. The molecule has 0 radical (unpaired) electrons. The van der Waals surface area contributed by atoms with E-state index >= 15 is 0 Å². The highest BCUT2D eigenvalue weighted by molar-refractivity contribution is 4.99. The van der Waals surface area contributed by atoms with Crippen molar-refractivity contribution in [1.29, 1.82) is 0 Å². The van der Waals surface area contributed by atoms with Crippen molar-refractivity contribution in [1.82, 2.24) is 15.5 Å². The van der Waals surface area contributed by atoms with Gasteiger partial charge in [-0.1, -0.05) is 19.0 Å². The van der Waals surface area contributed by atoms with Crippen LogP contribution in [0.2, 0.25) is 0 Å². The number of rotatable bonds is 2. The largest absolute Gasteiger partial charge is 0.392 e. The zero-order valence-electron chi connectivity index (χ0n) is 8.40. The van der Waals surface area contributed by atoms with Crippen molar-refractivity contribution in [2.45, 2.75) is 38.3 Å². The second kappa shape index (κ2) is 3.67. The third-order valence-corrected chi connectivity index (χ3v) is 2.38. The summed E-state index contributed by atoms with van der Waals surface area (Å²) in [5.74, 6) is 1.59. The summed E-state index contributed by atoms with van der Waals surface area (Å²) in [6, 6.07) is 0.0185. The van der Waals surface area contributed by atoms with E-state index in [2.05, 4.69) is 15.5 Å². The number of nitrogens with one attached hydrogen (secondary N) is 1. The average Bonchev–Trinajstić information content (AvgIpc) is 2.70. The van der Waals surface area contributed by atoms with Gasteiger partial charge in [0.15, 0.2) is 5.82 Å². The van der Waals surface area contributed by atoms with Crippen LogP contribution in [0.5, 0.6) is 0 Å². The Bertz CT molecular complexity index is 311. The molecule has 2 rings (SSSR count). The number of aliphatic hydroxyl groups excluding tert-OH is 1. The molecule has 0 saturated carbocycles. The highest BCUT2D eigenvalue weighted by Gasteiger charge is 2.28. The standard InChI is InChI=1S/C9H15N3O2/c1-5(2)8-11-9(14-12-8)7-3-6(13)4-10-7/h5-7,10,13H,3-4H2,1-2H3/t6-,7-/m0/s1. The van der Waals surface area contributed by atoms with E-state index in [1.165, 1.54) is 0 Å². The molecule has 0 amide bonds. The molecule has 0 spiro atoms. The van der Waals surface area contributed by atoms with Crippen LogP contribution < -0.4 is 5.32 Å². The minimum Gasteiger partial charge on any atom is -0.392 e. The number of nitrogens with zero attached hydrogens (tertiary/aromatic N) is 2. The first kappa shape index (κ1) is 9.61. The van der Waals surface area contributed by atoms with Gasteiger partial charge in [-0.2, -0.15) is 4.98 Å². The maximum atomic E-state index is 9.32. The first-order valence-electron chi connectivity index (χ1n) is 4.91. The van der Waals surface area contributed by atoms with Crippen molar-refractivity contribution in [3.05, 3.63) is 11.7 Å². The molecule has 1 aromatic heterocycles. The molecule has 5 nitrogen and oxygen atoms in total. The lowest BCUT2D eigenvalue weighted by atomic mass is 10.2. The van der Waals surface area contributed by atoms with Crippen LogP contribution in [0.1, 0.15) is 43.9 Å². The second-order valence-electron chi connectivity index (χ2n) is 4.00. The number of hydrogen-bond donors (Lipinski definition) is 2. The predicted octanol–water partition coefficient (Wildman–Crippen LogP) is 0.588. The zero-order valence-corrected chi connectivity index (χ0v) is 8.40. The highest BCUT2D eigenvalue weighted by atomic mass is 16.5. The molecular formula is C9H15N3O2. The van der Waals surface area contributed by atoms with E-state index in [-0.39, 0.29) is 18.1 Å². The van der Waals surface area contributed by atoms with Crippen LogP contribution in [0.4, 0.5) is 0 Å². The van der Waals surface area contributed by atoms with Crippen LogP contribution in [-0.2, 0) is 0 Å². The summed E-state index contributed by atoms with van der Waals surface area (Å²) in [6.07, 6.45) is 0.356. The summed E-state index contributed by atoms with van der Waals surface area (Å²) in [5.41, 5.74) is 0. The molecule has 0 aliphatic carbocycles. The third kappa shape index (κ3) is 1.78. The Balaban J connectivity index is 2.09. The zero-order chi connectivity index (χ0) is 10.1. The minimum absolute atomic E-state index is 0.0185.